The first kappa shape index (κ1) is 33.5. The monoisotopic (exact) mass is 683 g/mol. The number of halogens is 1. The fourth-order valence-electron chi connectivity index (χ4n) is 6.90. The van der Waals surface area contributed by atoms with Gasteiger partial charge in [-0.05, 0) is 88.6 Å². The van der Waals surface area contributed by atoms with Crippen molar-refractivity contribution in [3.63, 3.8) is 0 Å². The van der Waals surface area contributed by atoms with E-state index in [1.54, 1.807) is 47.8 Å². The number of aromatic nitrogens is 5. The smallest absolute Gasteiger partial charge is 0.236 e. The van der Waals surface area contributed by atoms with Crippen LogP contribution in [0.2, 0.25) is 0 Å². The number of imidazole rings is 1. The summed E-state index contributed by atoms with van der Waals surface area (Å²) in [5, 5.41) is 4.21. The number of hydrogen-bond acceptors (Lipinski definition) is 7. The molecule has 2 aliphatic rings. The SMILES string of the molecule is Cc1cc(-c2cn(-c3ccc4c(c3)N(C)C(=O)C4(C)C)cn2)c(F)cn1.Cc1cnccc1-c1cc(-c2ccc3c(c2)N(C)C(=O)C3(C)C)no1. The molecule has 6 aromatic rings. The molecule has 0 atom stereocenters. The largest absolute Gasteiger partial charge is 0.356 e. The van der Waals surface area contributed by atoms with Crippen LogP contribution in [0.1, 0.15) is 50.1 Å². The zero-order chi connectivity index (χ0) is 36.4. The molecule has 0 unspecified atom stereocenters. The third-order valence-corrected chi connectivity index (χ3v) is 9.97. The van der Waals surface area contributed by atoms with Crippen LogP contribution in [0.3, 0.4) is 0 Å². The van der Waals surface area contributed by atoms with Crippen LogP contribution in [0.25, 0.3) is 39.5 Å². The lowest BCUT2D eigenvalue weighted by Crippen LogP contribution is -2.33. The maximum atomic E-state index is 14.1. The maximum Gasteiger partial charge on any atom is 0.236 e. The van der Waals surface area contributed by atoms with E-state index in [0.29, 0.717) is 17.0 Å². The van der Waals surface area contributed by atoms with Crippen LogP contribution in [-0.2, 0) is 20.4 Å². The van der Waals surface area contributed by atoms with E-state index >= 15 is 0 Å². The number of hydrogen-bond donors (Lipinski definition) is 0. The minimum absolute atomic E-state index is 0.0744. The minimum atomic E-state index is -0.527. The summed E-state index contributed by atoms with van der Waals surface area (Å²) in [4.78, 5) is 40.7. The fraction of sp³-hybridized carbons (Fsp3) is 0.250. The Morgan fingerprint density at radius 2 is 1.41 bits per heavy atom. The molecular formula is C40H38FN7O3. The molecule has 2 aliphatic heterocycles. The van der Waals surface area contributed by atoms with Gasteiger partial charge >= 0.3 is 0 Å². The Bertz CT molecular complexity index is 2360. The zero-order valence-electron chi connectivity index (χ0n) is 29.8. The topological polar surface area (TPSA) is 110 Å². The van der Waals surface area contributed by atoms with E-state index in [2.05, 4.69) is 20.1 Å². The van der Waals surface area contributed by atoms with Crippen molar-refractivity contribution in [2.24, 2.45) is 0 Å². The number of fused-ring (bicyclic) bond motifs is 2. The molecule has 6 heterocycles. The number of rotatable bonds is 4. The molecule has 0 saturated heterocycles. The second kappa shape index (κ2) is 12.1. The molecule has 258 valence electrons. The lowest BCUT2D eigenvalue weighted by molar-refractivity contribution is -0.122. The van der Waals surface area contributed by atoms with E-state index in [9.17, 15) is 14.0 Å². The molecule has 0 aliphatic carbocycles. The van der Waals surface area contributed by atoms with E-state index in [-0.39, 0.29) is 11.8 Å². The van der Waals surface area contributed by atoms with E-state index in [4.69, 9.17) is 4.52 Å². The van der Waals surface area contributed by atoms with Crippen molar-refractivity contribution in [2.75, 3.05) is 23.9 Å². The van der Waals surface area contributed by atoms with Crippen LogP contribution in [-0.4, -0.2) is 50.6 Å². The summed E-state index contributed by atoms with van der Waals surface area (Å²) in [6.07, 6.45) is 8.18. The first-order valence-electron chi connectivity index (χ1n) is 16.6. The lowest BCUT2D eigenvalue weighted by Gasteiger charge is -2.16. The van der Waals surface area contributed by atoms with Gasteiger partial charge in [-0.15, -0.1) is 0 Å². The molecule has 0 saturated carbocycles. The third-order valence-electron chi connectivity index (χ3n) is 9.97. The van der Waals surface area contributed by atoms with Gasteiger partial charge in [0, 0.05) is 78.2 Å². The number of aryl methyl sites for hydroxylation is 2. The predicted molar refractivity (Wildman–Crippen MR) is 194 cm³/mol. The molecule has 2 aromatic carbocycles. The molecule has 2 amide bonds. The fourth-order valence-corrected chi connectivity index (χ4v) is 6.90. The van der Waals surface area contributed by atoms with Crippen LogP contribution in [0, 0.1) is 19.7 Å². The van der Waals surface area contributed by atoms with E-state index in [1.165, 1.54) is 6.20 Å². The van der Waals surface area contributed by atoms with Gasteiger partial charge in [0.1, 0.15) is 5.69 Å². The summed E-state index contributed by atoms with van der Waals surface area (Å²) in [7, 11) is 3.60. The Hall–Kier alpha value is -5.97. The van der Waals surface area contributed by atoms with Gasteiger partial charge in [-0.3, -0.25) is 19.6 Å². The molecule has 51 heavy (non-hydrogen) atoms. The summed E-state index contributed by atoms with van der Waals surface area (Å²) >= 11 is 0. The Morgan fingerprint density at radius 3 is 2.10 bits per heavy atom. The highest BCUT2D eigenvalue weighted by atomic mass is 19.1. The van der Waals surface area contributed by atoms with Gasteiger partial charge in [0.05, 0.1) is 29.0 Å². The molecule has 0 bridgehead atoms. The first-order valence-corrected chi connectivity index (χ1v) is 16.6. The first-order chi connectivity index (χ1) is 24.2. The quantitative estimate of drug-likeness (QED) is 0.188. The van der Waals surface area contributed by atoms with Crippen LogP contribution in [0.15, 0.2) is 90.2 Å². The van der Waals surface area contributed by atoms with Gasteiger partial charge in [-0.1, -0.05) is 23.4 Å². The molecule has 11 heteroatoms. The van der Waals surface area contributed by atoms with Crippen molar-refractivity contribution in [3.05, 3.63) is 114 Å². The Labute approximate surface area is 295 Å². The Balaban J connectivity index is 0.000000159. The summed E-state index contributed by atoms with van der Waals surface area (Å²) in [5.74, 6) is 0.486. The van der Waals surface area contributed by atoms with Gasteiger partial charge in [0.15, 0.2) is 11.6 Å². The van der Waals surface area contributed by atoms with E-state index in [1.807, 2.05) is 102 Å². The molecule has 0 N–H and O–H groups in total. The van der Waals surface area contributed by atoms with Crippen molar-refractivity contribution in [1.29, 1.82) is 0 Å². The van der Waals surface area contributed by atoms with Crippen molar-refractivity contribution in [3.8, 4) is 39.5 Å². The van der Waals surface area contributed by atoms with E-state index < -0.39 is 16.6 Å². The van der Waals surface area contributed by atoms with Crippen molar-refractivity contribution < 1.29 is 18.5 Å². The summed E-state index contributed by atoms with van der Waals surface area (Å²) in [6, 6.07) is 17.4. The highest BCUT2D eigenvalue weighted by molar-refractivity contribution is 6.08. The minimum Gasteiger partial charge on any atom is -0.356 e. The second-order valence-corrected chi connectivity index (χ2v) is 14.2. The standard InChI is InChI=1S/C20H19FN4O.C20H19N3O2/c1-12-7-14(16(21)9-22-12)17-10-25(11-23-17)13-5-6-15-18(8-13)24(4)19(26)20(15,2)3;1-12-11-21-8-7-14(12)18-10-16(22-25-18)13-5-6-15-17(9-13)23(4)19(24)20(15,2)3/h5-11H,1-4H3;5-11H,1-4H3. The maximum absolute atomic E-state index is 14.1. The van der Waals surface area contributed by atoms with Gasteiger partial charge in [0.25, 0.3) is 0 Å². The number of nitrogens with zero attached hydrogens (tertiary/aromatic N) is 7. The highest BCUT2D eigenvalue weighted by Crippen LogP contribution is 2.43. The molecule has 0 spiro atoms. The number of likely N-dealkylation sites (N-methyl/N-ethyl adjacent to an activating group) is 2. The van der Waals surface area contributed by atoms with Gasteiger partial charge in [-0.25, -0.2) is 9.37 Å². The zero-order valence-corrected chi connectivity index (χ0v) is 29.8. The number of pyridine rings is 2. The Kier molecular flexibility index (Phi) is 7.96. The molecule has 10 nitrogen and oxygen atoms in total. The Morgan fingerprint density at radius 1 is 0.745 bits per heavy atom. The molecular weight excluding hydrogens is 645 g/mol. The summed E-state index contributed by atoms with van der Waals surface area (Å²) in [6.45, 7) is 11.6. The molecule has 0 fully saturated rings. The highest BCUT2D eigenvalue weighted by Gasteiger charge is 2.43. The number of benzene rings is 2. The number of anilines is 2. The van der Waals surface area contributed by atoms with Gasteiger partial charge < -0.3 is 18.9 Å². The average Bonchev–Trinajstić information content (AvgIpc) is 3.88. The summed E-state index contributed by atoms with van der Waals surface area (Å²) < 4.78 is 21.4. The summed E-state index contributed by atoms with van der Waals surface area (Å²) in [5.41, 5.74) is 9.09. The second-order valence-electron chi connectivity index (χ2n) is 14.2. The number of carbonyl (C=O) groups is 2. The van der Waals surface area contributed by atoms with Crippen molar-refractivity contribution >= 4 is 23.2 Å². The van der Waals surface area contributed by atoms with Crippen LogP contribution in [0.4, 0.5) is 15.8 Å². The third kappa shape index (κ3) is 5.58. The van der Waals surface area contributed by atoms with Crippen LogP contribution < -0.4 is 9.80 Å². The van der Waals surface area contributed by atoms with Crippen molar-refractivity contribution in [2.45, 2.75) is 52.4 Å². The lowest BCUT2D eigenvalue weighted by atomic mass is 9.85. The number of amides is 2. The van der Waals surface area contributed by atoms with E-state index in [0.717, 1.165) is 56.3 Å². The normalized spacial score (nSPS) is 15.5. The van der Waals surface area contributed by atoms with Gasteiger partial charge in [-0.2, -0.15) is 0 Å². The van der Waals surface area contributed by atoms with Gasteiger partial charge in [0.2, 0.25) is 11.8 Å². The predicted octanol–water partition coefficient (Wildman–Crippen LogP) is 7.60. The number of carbonyl (C=O) groups excluding carboxylic acids is 2. The average molecular weight is 684 g/mol. The molecule has 0 radical (unpaired) electrons. The molecule has 4 aromatic heterocycles. The van der Waals surface area contributed by atoms with Crippen LogP contribution in [0.5, 0.6) is 0 Å². The van der Waals surface area contributed by atoms with Crippen molar-refractivity contribution in [1.82, 2.24) is 24.7 Å². The van der Waals surface area contributed by atoms with Crippen LogP contribution >= 0.6 is 0 Å². The molecule has 8 rings (SSSR count).